The molecule has 0 unspecified atom stereocenters. The zero-order chi connectivity index (χ0) is 14.4. The van der Waals surface area contributed by atoms with E-state index in [4.69, 9.17) is 9.84 Å². The van der Waals surface area contributed by atoms with Crippen LogP contribution in [0.1, 0.15) is 25.3 Å². The molecule has 0 amide bonds. The average molecular weight is 272 g/mol. The van der Waals surface area contributed by atoms with Gasteiger partial charge in [-0.05, 0) is 30.5 Å². The van der Waals surface area contributed by atoms with Crippen molar-refractivity contribution in [2.75, 3.05) is 0 Å². The number of nitrogens with zero attached hydrogens (tertiary/aromatic N) is 2. The van der Waals surface area contributed by atoms with Crippen molar-refractivity contribution in [1.82, 2.24) is 9.97 Å². The van der Waals surface area contributed by atoms with Crippen LogP contribution in [0.2, 0.25) is 0 Å². The summed E-state index contributed by atoms with van der Waals surface area (Å²) in [5, 5.41) is 8.80. The first-order valence-electron chi connectivity index (χ1n) is 6.51. The summed E-state index contributed by atoms with van der Waals surface area (Å²) in [6, 6.07) is 5.64. The lowest BCUT2D eigenvalue weighted by Gasteiger charge is -2.12. The van der Waals surface area contributed by atoms with Crippen molar-refractivity contribution < 1.29 is 14.6 Å². The molecular formula is C15H16N2O3. The van der Waals surface area contributed by atoms with Crippen LogP contribution in [0.15, 0.2) is 36.8 Å². The normalized spacial score (nSPS) is 10.2. The Labute approximate surface area is 117 Å². The summed E-state index contributed by atoms with van der Waals surface area (Å²) in [7, 11) is 0. The summed E-state index contributed by atoms with van der Waals surface area (Å²) in [5.41, 5.74) is 2.65. The van der Waals surface area contributed by atoms with Gasteiger partial charge in [0.25, 0.3) is 0 Å². The number of hydrogen-bond donors (Lipinski definition) is 1. The van der Waals surface area contributed by atoms with Gasteiger partial charge >= 0.3 is 6.16 Å². The minimum atomic E-state index is -1.35. The topological polar surface area (TPSA) is 72.3 Å². The Kier molecular flexibility index (Phi) is 4.65. The van der Waals surface area contributed by atoms with Gasteiger partial charge in [0.15, 0.2) is 0 Å². The predicted molar refractivity (Wildman–Crippen MR) is 74.7 cm³/mol. The first-order valence-corrected chi connectivity index (χ1v) is 6.51. The summed E-state index contributed by atoms with van der Waals surface area (Å²) in [6.07, 6.45) is 6.31. The highest BCUT2D eigenvalue weighted by Crippen LogP contribution is 2.30. The number of ether oxygens (including phenoxy) is 1. The predicted octanol–water partition coefficient (Wildman–Crippen LogP) is 3.54. The van der Waals surface area contributed by atoms with E-state index in [9.17, 15) is 4.79 Å². The van der Waals surface area contributed by atoms with E-state index >= 15 is 0 Å². The van der Waals surface area contributed by atoms with Gasteiger partial charge < -0.3 is 9.84 Å². The molecule has 0 aliphatic rings. The lowest BCUT2D eigenvalue weighted by molar-refractivity contribution is 0.142. The van der Waals surface area contributed by atoms with Crippen LogP contribution >= 0.6 is 0 Å². The smallest absolute Gasteiger partial charge is 0.449 e. The van der Waals surface area contributed by atoms with Gasteiger partial charge in [0, 0.05) is 29.7 Å². The molecule has 0 radical (unpaired) electrons. The van der Waals surface area contributed by atoms with Crippen molar-refractivity contribution in [3.63, 3.8) is 0 Å². The maximum atomic E-state index is 10.8. The number of carboxylic acid groups (broad SMARTS) is 1. The minimum absolute atomic E-state index is 0.160. The molecule has 5 nitrogen and oxygen atoms in total. The molecule has 0 saturated carbocycles. The minimum Gasteiger partial charge on any atom is -0.449 e. The molecular weight excluding hydrogens is 256 g/mol. The molecule has 0 atom stereocenters. The monoisotopic (exact) mass is 272 g/mol. The number of pyridine rings is 2. The fourth-order valence-corrected chi connectivity index (χ4v) is 2.03. The molecule has 0 aliphatic heterocycles. The van der Waals surface area contributed by atoms with Crippen LogP contribution in [0.4, 0.5) is 4.79 Å². The zero-order valence-corrected chi connectivity index (χ0v) is 11.2. The number of hydrogen-bond acceptors (Lipinski definition) is 4. The van der Waals surface area contributed by atoms with Crippen LogP contribution in [-0.2, 0) is 6.42 Å². The summed E-state index contributed by atoms with van der Waals surface area (Å²) in [4.78, 5) is 18.9. The summed E-state index contributed by atoms with van der Waals surface area (Å²) in [5.74, 6) is 0.160. The quantitative estimate of drug-likeness (QED) is 0.843. The molecule has 0 bridgehead atoms. The van der Waals surface area contributed by atoms with E-state index < -0.39 is 6.16 Å². The number of carbonyl (C=O) groups is 1. The second-order valence-electron chi connectivity index (χ2n) is 4.36. The van der Waals surface area contributed by atoms with Crippen molar-refractivity contribution in [3.8, 4) is 17.0 Å². The average Bonchev–Trinajstić information content (AvgIpc) is 2.46. The van der Waals surface area contributed by atoms with Crippen molar-refractivity contribution >= 4 is 6.16 Å². The Morgan fingerprint density at radius 2 is 2.20 bits per heavy atom. The largest absolute Gasteiger partial charge is 0.512 e. The Hall–Kier alpha value is -2.43. The SMILES string of the molecule is CCCCc1c(-c2cccnc2)ccnc1OC(=O)O. The molecule has 1 N–H and O–H groups in total. The van der Waals surface area contributed by atoms with Crippen LogP contribution in [0, 0.1) is 0 Å². The van der Waals surface area contributed by atoms with Crippen molar-refractivity contribution in [1.29, 1.82) is 0 Å². The molecule has 0 aliphatic carbocycles. The number of unbranched alkanes of at least 4 members (excludes halogenated alkanes) is 1. The van der Waals surface area contributed by atoms with Crippen LogP contribution < -0.4 is 4.74 Å². The Morgan fingerprint density at radius 3 is 2.85 bits per heavy atom. The van der Waals surface area contributed by atoms with E-state index in [-0.39, 0.29) is 5.88 Å². The molecule has 0 spiro atoms. The summed E-state index contributed by atoms with van der Waals surface area (Å²) in [6.45, 7) is 2.08. The zero-order valence-electron chi connectivity index (χ0n) is 11.2. The molecule has 2 aromatic heterocycles. The van der Waals surface area contributed by atoms with E-state index in [1.165, 1.54) is 0 Å². The van der Waals surface area contributed by atoms with Crippen LogP contribution in [0.5, 0.6) is 5.88 Å². The molecule has 2 aromatic rings. The number of rotatable bonds is 5. The second-order valence-corrected chi connectivity index (χ2v) is 4.36. The van der Waals surface area contributed by atoms with Gasteiger partial charge in [0.2, 0.25) is 5.88 Å². The van der Waals surface area contributed by atoms with Crippen LogP contribution in [-0.4, -0.2) is 21.2 Å². The van der Waals surface area contributed by atoms with Gasteiger partial charge in [-0.1, -0.05) is 19.4 Å². The molecule has 0 fully saturated rings. The molecule has 2 heterocycles. The van der Waals surface area contributed by atoms with Gasteiger partial charge in [-0.3, -0.25) is 4.98 Å². The van der Waals surface area contributed by atoms with Crippen molar-refractivity contribution in [3.05, 3.63) is 42.4 Å². The summed E-state index contributed by atoms with van der Waals surface area (Å²) < 4.78 is 4.79. The van der Waals surface area contributed by atoms with Crippen molar-refractivity contribution in [2.45, 2.75) is 26.2 Å². The third-order valence-corrected chi connectivity index (χ3v) is 2.95. The maximum Gasteiger partial charge on any atom is 0.512 e. The highest BCUT2D eigenvalue weighted by molar-refractivity contribution is 5.70. The van der Waals surface area contributed by atoms with Crippen molar-refractivity contribution in [2.24, 2.45) is 0 Å². The lowest BCUT2D eigenvalue weighted by Crippen LogP contribution is -2.08. The second kappa shape index (κ2) is 6.65. The van der Waals surface area contributed by atoms with E-state index in [0.717, 1.165) is 36.0 Å². The Morgan fingerprint density at radius 1 is 1.35 bits per heavy atom. The summed E-state index contributed by atoms with van der Waals surface area (Å²) >= 11 is 0. The van der Waals surface area contributed by atoms with E-state index in [1.54, 1.807) is 18.6 Å². The van der Waals surface area contributed by atoms with Gasteiger partial charge in [-0.15, -0.1) is 0 Å². The lowest BCUT2D eigenvalue weighted by atomic mass is 9.99. The fraction of sp³-hybridized carbons (Fsp3) is 0.267. The standard InChI is InChI=1S/C15H16N2O3/c1-2-3-6-13-12(11-5-4-8-16-10-11)7-9-17-14(13)20-15(18)19/h4-5,7-10H,2-3,6H2,1H3,(H,18,19). The molecule has 0 saturated heterocycles. The molecule has 5 heteroatoms. The highest BCUT2D eigenvalue weighted by Gasteiger charge is 2.14. The van der Waals surface area contributed by atoms with Crippen LogP contribution in [0.3, 0.4) is 0 Å². The highest BCUT2D eigenvalue weighted by atomic mass is 16.7. The van der Waals surface area contributed by atoms with E-state index in [0.29, 0.717) is 0 Å². The Bertz CT molecular complexity index is 585. The van der Waals surface area contributed by atoms with Gasteiger partial charge in [0.05, 0.1) is 0 Å². The molecule has 104 valence electrons. The number of aromatic nitrogens is 2. The van der Waals surface area contributed by atoms with Gasteiger partial charge in [-0.2, -0.15) is 0 Å². The molecule has 2 rings (SSSR count). The third kappa shape index (κ3) is 3.32. The first-order chi connectivity index (χ1) is 9.72. The fourth-order valence-electron chi connectivity index (χ4n) is 2.03. The molecule has 0 aromatic carbocycles. The van der Waals surface area contributed by atoms with E-state index in [1.807, 2.05) is 18.2 Å². The third-order valence-electron chi connectivity index (χ3n) is 2.95. The molecule has 20 heavy (non-hydrogen) atoms. The first kappa shape index (κ1) is 14.0. The van der Waals surface area contributed by atoms with E-state index in [2.05, 4.69) is 16.9 Å². The van der Waals surface area contributed by atoms with Crippen LogP contribution in [0.25, 0.3) is 11.1 Å². The maximum absolute atomic E-state index is 10.8. The van der Waals surface area contributed by atoms with Gasteiger partial charge in [-0.25, -0.2) is 9.78 Å². The Balaban J connectivity index is 2.47. The van der Waals surface area contributed by atoms with Gasteiger partial charge in [0.1, 0.15) is 0 Å².